The van der Waals surface area contributed by atoms with Crippen LogP contribution in [0.25, 0.3) is 0 Å². The van der Waals surface area contributed by atoms with E-state index in [-0.39, 0.29) is 12.1 Å². The van der Waals surface area contributed by atoms with Crippen molar-refractivity contribution in [3.05, 3.63) is 0 Å². The Kier molecular flexibility index (Phi) is 1.74. The van der Waals surface area contributed by atoms with E-state index in [0.29, 0.717) is 12.3 Å². The maximum atomic E-state index is 10.3. The van der Waals surface area contributed by atoms with Crippen LogP contribution in [0.2, 0.25) is 0 Å². The van der Waals surface area contributed by atoms with Crippen molar-refractivity contribution in [3.8, 4) is 0 Å². The van der Waals surface area contributed by atoms with Gasteiger partial charge in [0.15, 0.2) is 0 Å². The number of carbonyl (C=O) groups excluding carboxylic acids is 1. The smallest absolute Gasteiger partial charge is 0.309 e. The van der Waals surface area contributed by atoms with Gasteiger partial charge >= 0.3 is 5.97 Å². The van der Waals surface area contributed by atoms with Crippen molar-refractivity contribution in [2.45, 2.75) is 32.8 Å². The SMILES string of the molecule is CC(C)C[C@@H]1CC(=O)O1. The van der Waals surface area contributed by atoms with Crippen molar-refractivity contribution >= 4 is 5.97 Å². The summed E-state index contributed by atoms with van der Waals surface area (Å²) in [6.45, 7) is 4.26. The van der Waals surface area contributed by atoms with Gasteiger partial charge in [0.1, 0.15) is 6.10 Å². The number of cyclic esters (lactones) is 1. The molecule has 0 amide bonds. The van der Waals surface area contributed by atoms with Gasteiger partial charge in [-0.05, 0) is 12.3 Å². The lowest BCUT2D eigenvalue weighted by molar-refractivity contribution is -0.170. The molecule has 2 heteroatoms. The van der Waals surface area contributed by atoms with E-state index < -0.39 is 0 Å². The molecule has 9 heavy (non-hydrogen) atoms. The van der Waals surface area contributed by atoms with Crippen LogP contribution in [-0.4, -0.2) is 12.1 Å². The number of ether oxygens (including phenoxy) is 1. The van der Waals surface area contributed by atoms with Gasteiger partial charge in [0.05, 0.1) is 6.42 Å². The van der Waals surface area contributed by atoms with Gasteiger partial charge in [-0.1, -0.05) is 13.8 Å². The third-order valence-electron chi connectivity index (χ3n) is 1.43. The van der Waals surface area contributed by atoms with Crippen molar-refractivity contribution in [2.75, 3.05) is 0 Å². The molecule has 0 aromatic rings. The molecule has 0 bridgehead atoms. The quantitative estimate of drug-likeness (QED) is 0.525. The number of hydrogen-bond donors (Lipinski definition) is 0. The van der Waals surface area contributed by atoms with E-state index in [1.807, 2.05) is 0 Å². The minimum atomic E-state index is -0.0411. The van der Waals surface area contributed by atoms with Crippen LogP contribution in [0.4, 0.5) is 0 Å². The molecule has 1 fully saturated rings. The molecule has 1 aliphatic rings. The normalized spacial score (nSPS) is 25.7. The molecule has 2 nitrogen and oxygen atoms in total. The van der Waals surface area contributed by atoms with Crippen LogP contribution in [0.5, 0.6) is 0 Å². The van der Waals surface area contributed by atoms with Gasteiger partial charge in [-0.15, -0.1) is 0 Å². The third-order valence-corrected chi connectivity index (χ3v) is 1.43. The summed E-state index contributed by atoms with van der Waals surface area (Å²) in [4.78, 5) is 10.3. The molecular formula is C7H12O2. The average Bonchev–Trinajstić information content (AvgIpc) is 1.60. The second-order valence-corrected chi connectivity index (χ2v) is 2.95. The number of hydrogen-bond acceptors (Lipinski definition) is 2. The fourth-order valence-corrected chi connectivity index (χ4v) is 1.02. The van der Waals surface area contributed by atoms with E-state index in [4.69, 9.17) is 4.74 Å². The van der Waals surface area contributed by atoms with E-state index in [0.717, 1.165) is 6.42 Å². The summed E-state index contributed by atoms with van der Waals surface area (Å²) in [6, 6.07) is 0. The Labute approximate surface area is 55.2 Å². The van der Waals surface area contributed by atoms with Gasteiger partial charge in [0.2, 0.25) is 0 Å². The molecule has 1 heterocycles. The molecular weight excluding hydrogens is 116 g/mol. The molecule has 1 atom stereocenters. The molecule has 1 saturated heterocycles. The van der Waals surface area contributed by atoms with Gasteiger partial charge in [-0.25, -0.2) is 0 Å². The Bertz CT molecular complexity index is 110. The molecule has 0 saturated carbocycles. The average molecular weight is 128 g/mol. The lowest BCUT2D eigenvalue weighted by atomic mass is 10.0. The standard InChI is InChI=1S/C7H12O2/c1-5(2)3-6-4-7(8)9-6/h5-6H,3-4H2,1-2H3/t6-/m1/s1. The lowest BCUT2D eigenvalue weighted by Gasteiger charge is -2.26. The van der Waals surface area contributed by atoms with Crippen LogP contribution < -0.4 is 0 Å². The monoisotopic (exact) mass is 128 g/mol. The Hall–Kier alpha value is -0.530. The summed E-state index contributed by atoms with van der Waals surface area (Å²) in [7, 11) is 0. The lowest BCUT2D eigenvalue weighted by Crippen LogP contribution is -2.33. The summed E-state index contributed by atoms with van der Waals surface area (Å²) < 4.78 is 4.81. The first-order valence-electron chi connectivity index (χ1n) is 3.38. The van der Waals surface area contributed by atoms with Gasteiger partial charge in [0.25, 0.3) is 0 Å². The minimum Gasteiger partial charge on any atom is -0.462 e. The molecule has 1 rings (SSSR count). The Morgan fingerprint density at radius 3 is 2.67 bits per heavy atom. The van der Waals surface area contributed by atoms with Crippen molar-refractivity contribution < 1.29 is 9.53 Å². The molecule has 1 aliphatic heterocycles. The van der Waals surface area contributed by atoms with E-state index in [9.17, 15) is 4.79 Å². The first-order chi connectivity index (χ1) is 4.18. The zero-order valence-electron chi connectivity index (χ0n) is 5.89. The maximum Gasteiger partial charge on any atom is 0.309 e. The van der Waals surface area contributed by atoms with Gasteiger partial charge < -0.3 is 4.74 Å². The molecule has 0 aromatic carbocycles. The number of carbonyl (C=O) groups is 1. The van der Waals surface area contributed by atoms with Crippen LogP contribution in [0.1, 0.15) is 26.7 Å². The van der Waals surface area contributed by atoms with Crippen LogP contribution >= 0.6 is 0 Å². The molecule has 0 N–H and O–H groups in total. The number of rotatable bonds is 2. The summed E-state index contributed by atoms with van der Waals surface area (Å²) in [5.41, 5.74) is 0. The van der Waals surface area contributed by atoms with Crippen molar-refractivity contribution in [1.82, 2.24) is 0 Å². The maximum absolute atomic E-state index is 10.3. The highest BCUT2D eigenvalue weighted by Gasteiger charge is 2.28. The molecule has 0 spiro atoms. The van der Waals surface area contributed by atoms with Crippen LogP contribution in [-0.2, 0) is 9.53 Å². The predicted molar refractivity (Wildman–Crippen MR) is 34.0 cm³/mol. The first-order valence-corrected chi connectivity index (χ1v) is 3.38. The van der Waals surface area contributed by atoms with Crippen LogP contribution in [0.3, 0.4) is 0 Å². The van der Waals surface area contributed by atoms with Crippen LogP contribution in [0.15, 0.2) is 0 Å². The summed E-state index contributed by atoms with van der Waals surface area (Å²) >= 11 is 0. The summed E-state index contributed by atoms with van der Waals surface area (Å²) in [6.07, 6.45) is 1.89. The van der Waals surface area contributed by atoms with Gasteiger partial charge in [-0.3, -0.25) is 4.79 Å². The van der Waals surface area contributed by atoms with Crippen molar-refractivity contribution in [1.29, 1.82) is 0 Å². The van der Waals surface area contributed by atoms with E-state index >= 15 is 0 Å². The highest BCUT2D eigenvalue weighted by atomic mass is 16.6. The fraction of sp³-hybridized carbons (Fsp3) is 0.857. The zero-order chi connectivity index (χ0) is 6.85. The Morgan fingerprint density at radius 1 is 1.78 bits per heavy atom. The van der Waals surface area contributed by atoms with Gasteiger partial charge in [0, 0.05) is 0 Å². The van der Waals surface area contributed by atoms with Crippen molar-refractivity contribution in [3.63, 3.8) is 0 Å². The second kappa shape index (κ2) is 2.38. The molecule has 0 aromatic heterocycles. The molecule has 0 radical (unpaired) electrons. The zero-order valence-corrected chi connectivity index (χ0v) is 5.89. The summed E-state index contributed by atoms with van der Waals surface area (Å²) in [5.74, 6) is 0.601. The summed E-state index contributed by atoms with van der Waals surface area (Å²) in [5, 5.41) is 0. The second-order valence-electron chi connectivity index (χ2n) is 2.95. The highest BCUT2D eigenvalue weighted by Crippen LogP contribution is 2.20. The minimum absolute atomic E-state index is 0.0411. The topological polar surface area (TPSA) is 26.3 Å². The third kappa shape index (κ3) is 1.70. The Morgan fingerprint density at radius 2 is 2.33 bits per heavy atom. The predicted octanol–water partition coefficient (Wildman–Crippen LogP) is 1.35. The first kappa shape index (κ1) is 6.59. The molecule has 0 unspecified atom stereocenters. The number of esters is 1. The molecule has 0 aliphatic carbocycles. The highest BCUT2D eigenvalue weighted by molar-refractivity contribution is 5.75. The Balaban J connectivity index is 2.11. The van der Waals surface area contributed by atoms with E-state index in [1.165, 1.54) is 0 Å². The van der Waals surface area contributed by atoms with Crippen LogP contribution in [0, 0.1) is 5.92 Å². The van der Waals surface area contributed by atoms with Gasteiger partial charge in [-0.2, -0.15) is 0 Å². The van der Waals surface area contributed by atoms with E-state index in [2.05, 4.69) is 13.8 Å². The van der Waals surface area contributed by atoms with Crippen molar-refractivity contribution in [2.24, 2.45) is 5.92 Å². The molecule has 52 valence electrons. The largest absolute Gasteiger partial charge is 0.462 e. The fourth-order valence-electron chi connectivity index (χ4n) is 1.02. The van der Waals surface area contributed by atoms with E-state index in [1.54, 1.807) is 0 Å².